The van der Waals surface area contributed by atoms with Gasteiger partial charge in [-0.3, -0.25) is 0 Å². The molecular weight excluding hydrogens is 340 g/mol. The Morgan fingerprint density at radius 1 is 1.15 bits per heavy atom. The molecule has 26 heavy (non-hydrogen) atoms. The molecule has 0 saturated carbocycles. The van der Waals surface area contributed by atoms with E-state index in [1.165, 1.54) is 4.90 Å². The fraction of sp³-hybridized carbons (Fsp3) is 0.556. The van der Waals surface area contributed by atoms with Crippen LogP contribution in [0.25, 0.3) is 0 Å². The summed E-state index contributed by atoms with van der Waals surface area (Å²) in [5.41, 5.74) is 0.144. The first-order valence-corrected chi connectivity index (χ1v) is 8.47. The first kappa shape index (κ1) is 20.0. The number of likely N-dealkylation sites (tertiary alicyclic amines) is 1. The maximum absolute atomic E-state index is 12.1. The number of amides is 2. The highest BCUT2D eigenvalue weighted by atomic mass is 16.6. The molecule has 1 saturated heterocycles. The molecule has 2 rings (SSSR count). The number of rotatable bonds is 3. The molecule has 0 aliphatic carbocycles. The summed E-state index contributed by atoms with van der Waals surface area (Å²) in [6, 6.07) is 8.26. The van der Waals surface area contributed by atoms with Crippen LogP contribution in [0.15, 0.2) is 30.3 Å². The molecule has 144 valence electrons. The normalized spacial score (nSPS) is 23.3. The number of ether oxygens (including phenoxy) is 2. The molecule has 0 spiro atoms. The Labute approximate surface area is 152 Å². The maximum atomic E-state index is 12.1. The number of hydrogen-bond donors (Lipinski definition) is 3. The molecule has 1 aliphatic rings. The lowest BCUT2D eigenvalue weighted by Crippen LogP contribution is -2.63. The molecule has 1 heterocycles. The number of benzene rings is 1. The van der Waals surface area contributed by atoms with E-state index in [4.69, 9.17) is 9.47 Å². The molecule has 0 unspecified atom stereocenters. The van der Waals surface area contributed by atoms with Crippen LogP contribution in [0.3, 0.4) is 0 Å². The minimum atomic E-state index is -1.14. The van der Waals surface area contributed by atoms with Crippen molar-refractivity contribution >= 4 is 12.2 Å². The predicted molar refractivity (Wildman–Crippen MR) is 93.4 cm³/mol. The molecule has 8 heteroatoms. The van der Waals surface area contributed by atoms with E-state index in [2.05, 4.69) is 5.32 Å². The summed E-state index contributed by atoms with van der Waals surface area (Å²) in [5.74, 6) is 0. The Bertz CT molecular complexity index is 604. The molecule has 0 radical (unpaired) electrons. The number of carbonyl (C=O) groups excluding carboxylic acids is 2. The lowest BCUT2D eigenvalue weighted by atomic mass is 9.99. The van der Waals surface area contributed by atoms with Crippen molar-refractivity contribution in [3.05, 3.63) is 35.9 Å². The van der Waals surface area contributed by atoms with Crippen molar-refractivity contribution < 1.29 is 29.3 Å². The highest BCUT2D eigenvalue weighted by Crippen LogP contribution is 2.15. The van der Waals surface area contributed by atoms with Gasteiger partial charge in [0.05, 0.1) is 31.3 Å². The third kappa shape index (κ3) is 5.89. The monoisotopic (exact) mass is 366 g/mol. The summed E-state index contributed by atoms with van der Waals surface area (Å²) in [5, 5.41) is 22.9. The number of aliphatic hydroxyl groups excluding tert-OH is 2. The average Bonchev–Trinajstić information content (AvgIpc) is 2.55. The van der Waals surface area contributed by atoms with E-state index in [-0.39, 0.29) is 19.7 Å². The van der Waals surface area contributed by atoms with Crippen molar-refractivity contribution in [3.8, 4) is 0 Å². The molecule has 1 fully saturated rings. The van der Waals surface area contributed by atoms with E-state index in [0.29, 0.717) is 0 Å². The zero-order valence-corrected chi connectivity index (χ0v) is 15.2. The quantitative estimate of drug-likeness (QED) is 0.743. The van der Waals surface area contributed by atoms with E-state index in [0.717, 1.165) is 5.56 Å². The van der Waals surface area contributed by atoms with Gasteiger partial charge in [0.2, 0.25) is 0 Å². The Balaban J connectivity index is 1.86. The minimum Gasteiger partial charge on any atom is -0.445 e. The standard InChI is InChI=1S/C18H26N2O6/c1-18(2,3)26-16(23)19-15-13(21)9-20(10-14(15)22)17(24)25-11-12-7-5-4-6-8-12/h4-8,13-15,21-22H,9-11H2,1-3H3,(H,19,23)/t13-,14+,15-. The van der Waals surface area contributed by atoms with Crippen LogP contribution < -0.4 is 5.32 Å². The molecule has 0 aromatic heterocycles. The molecule has 1 aromatic carbocycles. The smallest absolute Gasteiger partial charge is 0.410 e. The number of piperidine rings is 1. The second-order valence-corrected chi connectivity index (χ2v) is 7.25. The van der Waals surface area contributed by atoms with Crippen molar-refractivity contribution in [3.63, 3.8) is 0 Å². The molecule has 1 aliphatic heterocycles. The number of alkyl carbamates (subject to hydrolysis) is 1. The molecule has 1 aromatic rings. The van der Waals surface area contributed by atoms with Gasteiger partial charge in [-0.1, -0.05) is 30.3 Å². The van der Waals surface area contributed by atoms with Crippen LogP contribution in [-0.4, -0.2) is 64.2 Å². The number of hydrogen-bond acceptors (Lipinski definition) is 6. The average molecular weight is 366 g/mol. The third-order valence-corrected chi connectivity index (χ3v) is 3.79. The van der Waals surface area contributed by atoms with Crippen LogP contribution in [0.4, 0.5) is 9.59 Å². The maximum Gasteiger partial charge on any atom is 0.410 e. The van der Waals surface area contributed by atoms with Crippen LogP contribution in [-0.2, 0) is 16.1 Å². The summed E-state index contributed by atoms with van der Waals surface area (Å²) in [6.45, 7) is 5.11. The fourth-order valence-corrected chi connectivity index (χ4v) is 2.61. The second-order valence-electron chi connectivity index (χ2n) is 7.25. The van der Waals surface area contributed by atoms with Gasteiger partial charge in [-0.05, 0) is 26.3 Å². The summed E-state index contributed by atoms with van der Waals surface area (Å²) in [6.07, 6.45) is -3.66. The topological polar surface area (TPSA) is 108 Å². The number of nitrogens with zero attached hydrogens (tertiary/aromatic N) is 1. The Hall–Kier alpha value is -2.32. The van der Waals surface area contributed by atoms with Gasteiger partial charge in [0.15, 0.2) is 0 Å². The summed E-state index contributed by atoms with van der Waals surface area (Å²) < 4.78 is 10.3. The number of nitrogens with one attached hydrogen (secondary N) is 1. The van der Waals surface area contributed by atoms with E-state index in [1.807, 2.05) is 30.3 Å². The number of carbonyl (C=O) groups is 2. The third-order valence-electron chi connectivity index (χ3n) is 3.79. The first-order chi connectivity index (χ1) is 12.2. The van der Waals surface area contributed by atoms with Crippen molar-refractivity contribution in [2.75, 3.05) is 13.1 Å². The second kappa shape index (κ2) is 8.37. The lowest BCUT2D eigenvalue weighted by Gasteiger charge is -2.39. The van der Waals surface area contributed by atoms with Crippen LogP contribution in [0.1, 0.15) is 26.3 Å². The van der Waals surface area contributed by atoms with Gasteiger partial charge >= 0.3 is 12.2 Å². The first-order valence-electron chi connectivity index (χ1n) is 8.47. The van der Waals surface area contributed by atoms with Gasteiger partial charge in [0.1, 0.15) is 12.2 Å². The largest absolute Gasteiger partial charge is 0.445 e. The van der Waals surface area contributed by atoms with Crippen molar-refractivity contribution in [2.24, 2.45) is 0 Å². The number of aliphatic hydroxyl groups is 2. The Morgan fingerprint density at radius 3 is 2.27 bits per heavy atom. The van der Waals surface area contributed by atoms with Crippen LogP contribution in [0, 0.1) is 0 Å². The van der Waals surface area contributed by atoms with Gasteiger partial charge in [-0.15, -0.1) is 0 Å². The zero-order chi connectivity index (χ0) is 19.3. The van der Waals surface area contributed by atoms with E-state index in [1.54, 1.807) is 20.8 Å². The van der Waals surface area contributed by atoms with E-state index in [9.17, 15) is 19.8 Å². The van der Waals surface area contributed by atoms with Crippen LogP contribution in [0.5, 0.6) is 0 Å². The molecule has 0 bridgehead atoms. The molecule has 8 nitrogen and oxygen atoms in total. The molecule has 2 amide bonds. The minimum absolute atomic E-state index is 0.0643. The van der Waals surface area contributed by atoms with Crippen LogP contribution in [0.2, 0.25) is 0 Å². The molecular formula is C18H26N2O6. The summed E-state index contributed by atoms with van der Waals surface area (Å²) in [7, 11) is 0. The highest BCUT2D eigenvalue weighted by Gasteiger charge is 2.39. The van der Waals surface area contributed by atoms with Gasteiger partial charge in [0, 0.05) is 0 Å². The lowest BCUT2D eigenvalue weighted by molar-refractivity contribution is -0.0408. The molecule has 3 N–H and O–H groups in total. The van der Waals surface area contributed by atoms with Gasteiger partial charge in [-0.2, -0.15) is 0 Å². The summed E-state index contributed by atoms with van der Waals surface area (Å²) >= 11 is 0. The highest BCUT2D eigenvalue weighted by molar-refractivity contribution is 5.69. The Kier molecular flexibility index (Phi) is 6.44. The van der Waals surface area contributed by atoms with Gasteiger partial charge < -0.3 is 29.9 Å². The zero-order valence-electron chi connectivity index (χ0n) is 15.2. The van der Waals surface area contributed by atoms with Gasteiger partial charge in [0.25, 0.3) is 0 Å². The SMILES string of the molecule is CC(C)(C)OC(=O)N[C@@H]1[C@H](O)CN(C(=O)OCc2ccccc2)C[C@@H]1O. The van der Waals surface area contributed by atoms with Gasteiger partial charge in [-0.25, -0.2) is 9.59 Å². The van der Waals surface area contributed by atoms with Crippen molar-refractivity contribution in [1.29, 1.82) is 0 Å². The molecule has 3 atom stereocenters. The summed E-state index contributed by atoms with van der Waals surface area (Å²) in [4.78, 5) is 25.2. The number of β-amino-alcohol motifs (C(OH)–C–C–N with tert-alkyl or cyclic N) is 2. The Morgan fingerprint density at radius 2 is 1.73 bits per heavy atom. The predicted octanol–water partition coefficient (Wildman–Crippen LogP) is 1.25. The van der Waals surface area contributed by atoms with Crippen molar-refractivity contribution in [2.45, 2.75) is 51.2 Å². The van der Waals surface area contributed by atoms with Crippen LogP contribution >= 0.6 is 0 Å². The van der Waals surface area contributed by atoms with E-state index < -0.39 is 36.0 Å². The van der Waals surface area contributed by atoms with E-state index >= 15 is 0 Å². The fourth-order valence-electron chi connectivity index (χ4n) is 2.61. The van der Waals surface area contributed by atoms with Crippen molar-refractivity contribution in [1.82, 2.24) is 10.2 Å².